The van der Waals surface area contributed by atoms with E-state index in [9.17, 15) is 0 Å². The fraction of sp³-hybridized carbons (Fsp3) is 0.739. The van der Waals surface area contributed by atoms with Crippen molar-refractivity contribution in [2.45, 2.75) is 39.2 Å². The Balaban J connectivity index is 1.07. The van der Waals surface area contributed by atoms with Crippen molar-refractivity contribution in [2.75, 3.05) is 52.5 Å². The maximum atomic E-state index is 6.02. The Morgan fingerprint density at radius 2 is 1.70 bits per heavy atom. The Morgan fingerprint density at radius 1 is 0.963 bits per heavy atom. The summed E-state index contributed by atoms with van der Waals surface area (Å²) < 4.78 is 11.5. The quantitative estimate of drug-likeness (QED) is 0.585. The third kappa shape index (κ3) is 5.24. The van der Waals surface area contributed by atoms with Gasteiger partial charge in [0.1, 0.15) is 5.75 Å². The average molecular weight is 373 g/mol. The summed E-state index contributed by atoms with van der Waals surface area (Å²) in [5.41, 5.74) is 1.39. The van der Waals surface area contributed by atoms with Crippen LogP contribution in [-0.4, -0.2) is 62.3 Å². The summed E-state index contributed by atoms with van der Waals surface area (Å²) in [5, 5.41) is 0. The minimum absolute atomic E-state index is 0.733. The minimum atomic E-state index is 0.733. The summed E-state index contributed by atoms with van der Waals surface area (Å²) in [6.07, 6.45) is 5.40. The molecule has 2 saturated heterocycles. The number of benzene rings is 1. The van der Waals surface area contributed by atoms with Gasteiger partial charge in [-0.25, -0.2) is 0 Å². The summed E-state index contributed by atoms with van der Waals surface area (Å²) >= 11 is 0. The molecule has 1 unspecified atom stereocenters. The molecule has 0 amide bonds. The number of hydrogen-bond donors (Lipinski definition) is 0. The summed E-state index contributed by atoms with van der Waals surface area (Å²) in [6.45, 7) is 12.1. The molecule has 27 heavy (non-hydrogen) atoms. The van der Waals surface area contributed by atoms with E-state index in [1.807, 2.05) is 6.92 Å². The van der Waals surface area contributed by atoms with E-state index in [1.54, 1.807) is 0 Å². The number of ether oxygens (including phenoxy) is 2. The molecule has 3 aliphatic rings. The molecule has 0 aromatic heterocycles. The molecule has 3 atom stereocenters. The van der Waals surface area contributed by atoms with E-state index in [4.69, 9.17) is 9.47 Å². The first-order valence-electron chi connectivity index (χ1n) is 11.1. The maximum absolute atomic E-state index is 6.02. The van der Waals surface area contributed by atoms with Gasteiger partial charge in [-0.15, -0.1) is 0 Å². The van der Waals surface area contributed by atoms with Crippen LogP contribution >= 0.6 is 0 Å². The third-order valence-electron chi connectivity index (χ3n) is 6.61. The van der Waals surface area contributed by atoms with Crippen LogP contribution in [-0.2, 0) is 11.3 Å². The molecule has 0 radical (unpaired) electrons. The lowest BCUT2D eigenvalue weighted by atomic mass is 10.1. The van der Waals surface area contributed by atoms with Crippen molar-refractivity contribution in [2.24, 2.45) is 17.8 Å². The minimum Gasteiger partial charge on any atom is -0.494 e. The third-order valence-corrected chi connectivity index (χ3v) is 6.61. The van der Waals surface area contributed by atoms with Gasteiger partial charge >= 0.3 is 0 Å². The predicted octanol–water partition coefficient (Wildman–Crippen LogP) is 3.66. The van der Waals surface area contributed by atoms with Crippen molar-refractivity contribution in [3.63, 3.8) is 0 Å². The molecule has 2 aliphatic heterocycles. The van der Waals surface area contributed by atoms with E-state index in [1.165, 1.54) is 64.0 Å². The van der Waals surface area contributed by atoms with E-state index in [0.717, 1.165) is 49.9 Å². The molecule has 0 spiro atoms. The standard InChI is InChI=1S/C23H36N2O2/c1-2-27-20-9-7-19(8-10-20)15-25-16-21-22(17-25)23(21)18-26-14-6-13-24-11-4-3-5-12-24/h7-10,21-23H,2-6,11-18H2,1H3/t21-,22+,23?. The fourth-order valence-electron chi connectivity index (χ4n) is 5.02. The van der Waals surface area contributed by atoms with Gasteiger partial charge in [0.05, 0.1) is 13.2 Å². The van der Waals surface area contributed by atoms with Gasteiger partial charge in [-0.05, 0) is 74.7 Å². The fourth-order valence-corrected chi connectivity index (χ4v) is 5.02. The molecular weight excluding hydrogens is 336 g/mol. The van der Waals surface area contributed by atoms with Crippen molar-refractivity contribution in [1.82, 2.24) is 9.80 Å². The van der Waals surface area contributed by atoms with Crippen LogP contribution in [0.25, 0.3) is 0 Å². The Bertz CT molecular complexity index is 558. The van der Waals surface area contributed by atoms with Crippen LogP contribution in [0.4, 0.5) is 0 Å². The smallest absolute Gasteiger partial charge is 0.119 e. The van der Waals surface area contributed by atoms with Gasteiger partial charge < -0.3 is 14.4 Å². The Morgan fingerprint density at radius 3 is 2.41 bits per heavy atom. The topological polar surface area (TPSA) is 24.9 Å². The second kappa shape index (κ2) is 9.40. The number of fused-ring (bicyclic) bond motifs is 1. The summed E-state index contributed by atoms with van der Waals surface area (Å²) in [6, 6.07) is 8.60. The SMILES string of the molecule is CCOc1ccc(CN2C[C@@H]3C(COCCCN4CCCCC4)[C@@H]3C2)cc1. The molecule has 4 heteroatoms. The normalized spacial score (nSPS) is 28.3. The largest absolute Gasteiger partial charge is 0.494 e. The molecular formula is C23H36N2O2. The number of likely N-dealkylation sites (tertiary alicyclic amines) is 2. The highest BCUT2D eigenvalue weighted by atomic mass is 16.5. The van der Waals surface area contributed by atoms with Gasteiger partial charge in [0, 0.05) is 32.8 Å². The summed E-state index contributed by atoms with van der Waals surface area (Å²) in [5.74, 6) is 3.57. The monoisotopic (exact) mass is 372 g/mol. The van der Waals surface area contributed by atoms with Crippen LogP contribution in [0.1, 0.15) is 38.2 Å². The molecule has 1 aromatic carbocycles. The van der Waals surface area contributed by atoms with E-state index >= 15 is 0 Å². The van der Waals surface area contributed by atoms with Gasteiger partial charge in [-0.3, -0.25) is 4.90 Å². The Labute approximate surface area is 164 Å². The molecule has 4 nitrogen and oxygen atoms in total. The molecule has 0 N–H and O–H groups in total. The van der Waals surface area contributed by atoms with Crippen LogP contribution in [0.2, 0.25) is 0 Å². The number of nitrogens with zero attached hydrogens (tertiary/aromatic N) is 2. The van der Waals surface area contributed by atoms with E-state index in [0.29, 0.717) is 0 Å². The zero-order chi connectivity index (χ0) is 18.5. The molecule has 2 heterocycles. The first kappa shape index (κ1) is 19.2. The lowest BCUT2D eigenvalue weighted by molar-refractivity contribution is 0.0967. The van der Waals surface area contributed by atoms with E-state index in [-0.39, 0.29) is 0 Å². The van der Waals surface area contributed by atoms with Crippen molar-refractivity contribution in [3.05, 3.63) is 29.8 Å². The number of piperidine rings is 2. The van der Waals surface area contributed by atoms with Crippen molar-refractivity contribution in [3.8, 4) is 5.75 Å². The van der Waals surface area contributed by atoms with Crippen LogP contribution in [0, 0.1) is 17.8 Å². The number of hydrogen-bond acceptors (Lipinski definition) is 4. The molecule has 1 aliphatic carbocycles. The van der Waals surface area contributed by atoms with E-state index < -0.39 is 0 Å². The second-order valence-corrected chi connectivity index (χ2v) is 8.59. The van der Waals surface area contributed by atoms with Crippen molar-refractivity contribution < 1.29 is 9.47 Å². The van der Waals surface area contributed by atoms with Gasteiger partial charge in [0.15, 0.2) is 0 Å². The van der Waals surface area contributed by atoms with Crippen molar-refractivity contribution in [1.29, 1.82) is 0 Å². The van der Waals surface area contributed by atoms with Gasteiger partial charge in [0.25, 0.3) is 0 Å². The molecule has 3 fully saturated rings. The maximum Gasteiger partial charge on any atom is 0.119 e. The predicted molar refractivity (Wildman–Crippen MR) is 109 cm³/mol. The zero-order valence-electron chi connectivity index (χ0n) is 16.9. The van der Waals surface area contributed by atoms with Gasteiger partial charge in [0.2, 0.25) is 0 Å². The summed E-state index contributed by atoms with van der Waals surface area (Å²) in [7, 11) is 0. The van der Waals surface area contributed by atoms with Crippen molar-refractivity contribution >= 4 is 0 Å². The second-order valence-electron chi connectivity index (χ2n) is 8.59. The zero-order valence-corrected chi connectivity index (χ0v) is 16.9. The van der Waals surface area contributed by atoms with Crippen LogP contribution in [0.3, 0.4) is 0 Å². The molecule has 150 valence electrons. The highest BCUT2D eigenvalue weighted by molar-refractivity contribution is 5.27. The average Bonchev–Trinajstić information content (AvgIpc) is 3.15. The summed E-state index contributed by atoms with van der Waals surface area (Å²) in [4.78, 5) is 5.22. The first-order valence-corrected chi connectivity index (χ1v) is 11.1. The molecule has 4 rings (SSSR count). The highest BCUT2D eigenvalue weighted by Crippen LogP contribution is 2.52. The van der Waals surface area contributed by atoms with Gasteiger partial charge in [-0.1, -0.05) is 18.6 Å². The van der Waals surface area contributed by atoms with Crippen LogP contribution in [0.5, 0.6) is 5.75 Å². The van der Waals surface area contributed by atoms with Crippen LogP contribution < -0.4 is 4.74 Å². The van der Waals surface area contributed by atoms with E-state index in [2.05, 4.69) is 34.1 Å². The lowest BCUT2D eigenvalue weighted by Crippen LogP contribution is -2.31. The first-order chi connectivity index (χ1) is 13.3. The van der Waals surface area contributed by atoms with Crippen LogP contribution in [0.15, 0.2) is 24.3 Å². The lowest BCUT2D eigenvalue weighted by Gasteiger charge is -2.26. The Kier molecular flexibility index (Phi) is 6.69. The molecule has 1 aromatic rings. The molecule has 0 bridgehead atoms. The Hall–Kier alpha value is -1.10. The molecule has 1 saturated carbocycles. The van der Waals surface area contributed by atoms with Gasteiger partial charge in [-0.2, -0.15) is 0 Å². The number of rotatable bonds is 10. The highest BCUT2D eigenvalue weighted by Gasteiger charge is 2.55.